The van der Waals surface area contributed by atoms with Crippen molar-refractivity contribution in [2.24, 2.45) is 0 Å². The molecule has 106 valence electrons. The van der Waals surface area contributed by atoms with Crippen molar-refractivity contribution in [1.29, 1.82) is 0 Å². The Labute approximate surface area is 124 Å². The molecular weight excluding hydrogens is 268 g/mol. The topological polar surface area (TPSA) is 15.7 Å². The van der Waals surface area contributed by atoms with Gasteiger partial charge in [-0.05, 0) is 60.7 Å². The lowest BCUT2D eigenvalue weighted by Crippen LogP contribution is -2.23. The molecule has 3 aliphatic heterocycles. The highest BCUT2D eigenvalue weighted by Crippen LogP contribution is 2.35. The maximum Gasteiger partial charge on any atom is 0.123 e. The summed E-state index contributed by atoms with van der Waals surface area (Å²) in [6.45, 7) is 5.40. The number of hydrogen-bond acceptors (Lipinski definition) is 4. The van der Waals surface area contributed by atoms with Crippen molar-refractivity contribution in [3.8, 4) is 5.75 Å². The van der Waals surface area contributed by atoms with Gasteiger partial charge in [0.1, 0.15) is 5.75 Å². The van der Waals surface area contributed by atoms with Crippen LogP contribution in [0.5, 0.6) is 5.75 Å². The number of aryl methyl sites for hydroxylation is 1. The van der Waals surface area contributed by atoms with Gasteiger partial charge in [-0.2, -0.15) is 0 Å². The van der Waals surface area contributed by atoms with Gasteiger partial charge in [-0.25, -0.2) is 4.31 Å². The summed E-state index contributed by atoms with van der Waals surface area (Å²) < 4.78 is 8.24. The van der Waals surface area contributed by atoms with Gasteiger partial charge in [0.25, 0.3) is 0 Å². The Morgan fingerprint density at radius 3 is 2.70 bits per heavy atom. The second kappa shape index (κ2) is 5.10. The molecule has 1 aromatic rings. The predicted molar refractivity (Wildman–Crippen MR) is 82.2 cm³/mol. The van der Waals surface area contributed by atoms with Crippen LogP contribution in [0.25, 0.3) is 0 Å². The van der Waals surface area contributed by atoms with E-state index < -0.39 is 0 Å². The molecule has 4 rings (SSSR count). The third kappa shape index (κ3) is 2.36. The summed E-state index contributed by atoms with van der Waals surface area (Å²) in [4.78, 5) is 3.71. The quantitative estimate of drug-likeness (QED) is 0.614. The molecule has 3 heterocycles. The van der Waals surface area contributed by atoms with Gasteiger partial charge in [-0.1, -0.05) is 6.07 Å². The van der Waals surface area contributed by atoms with E-state index in [1.165, 1.54) is 10.5 Å². The number of benzene rings is 1. The highest BCUT2D eigenvalue weighted by Gasteiger charge is 2.28. The van der Waals surface area contributed by atoms with Crippen molar-refractivity contribution in [2.75, 3.05) is 39.8 Å². The van der Waals surface area contributed by atoms with E-state index in [0.29, 0.717) is 0 Å². The third-order valence-electron chi connectivity index (χ3n) is 4.28. The van der Waals surface area contributed by atoms with Gasteiger partial charge in [-0.15, -0.1) is 0 Å². The standard InChI is InChI=1S/C16H20N2OS/c1-17-8-13-10-18(11-14(13)9-17)20-15-5-4-12-3-2-6-19-16(12)7-15/h4-5,7H,2-3,6,8-11H2,1H3. The van der Waals surface area contributed by atoms with Crippen molar-refractivity contribution in [3.05, 3.63) is 34.9 Å². The second-order valence-electron chi connectivity index (χ2n) is 5.99. The molecular formula is C16H20N2OS. The SMILES string of the molecule is CN1CC2=C(C1)CN(Sc1ccc3c(c1)OCCC3)C2. The minimum Gasteiger partial charge on any atom is -0.493 e. The molecule has 0 aliphatic carbocycles. The molecule has 20 heavy (non-hydrogen) atoms. The molecule has 1 aromatic carbocycles. The number of nitrogens with zero attached hydrogens (tertiary/aromatic N) is 2. The molecule has 0 saturated heterocycles. The Balaban J connectivity index is 1.43. The minimum atomic E-state index is 0.868. The fourth-order valence-corrected chi connectivity index (χ4v) is 4.35. The molecule has 0 aromatic heterocycles. The third-order valence-corrected chi connectivity index (χ3v) is 5.26. The maximum absolute atomic E-state index is 5.77. The van der Waals surface area contributed by atoms with Crippen molar-refractivity contribution in [2.45, 2.75) is 17.7 Å². The predicted octanol–water partition coefficient (Wildman–Crippen LogP) is 2.58. The first-order valence-electron chi connectivity index (χ1n) is 7.35. The lowest BCUT2D eigenvalue weighted by Gasteiger charge is -2.21. The monoisotopic (exact) mass is 288 g/mol. The molecule has 0 spiro atoms. The molecule has 0 radical (unpaired) electrons. The molecule has 4 heteroatoms. The molecule has 0 saturated carbocycles. The van der Waals surface area contributed by atoms with Crippen molar-refractivity contribution in [1.82, 2.24) is 9.21 Å². The van der Waals surface area contributed by atoms with E-state index in [1.54, 1.807) is 11.1 Å². The average molecular weight is 288 g/mol. The van der Waals surface area contributed by atoms with Crippen molar-refractivity contribution in [3.63, 3.8) is 0 Å². The summed E-state index contributed by atoms with van der Waals surface area (Å²) in [5.41, 5.74) is 4.63. The summed E-state index contributed by atoms with van der Waals surface area (Å²) in [5.74, 6) is 1.10. The number of hydrogen-bond donors (Lipinski definition) is 0. The zero-order valence-corrected chi connectivity index (χ0v) is 12.7. The summed E-state index contributed by atoms with van der Waals surface area (Å²) in [5, 5.41) is 0. The van der Waals surface area contributed by atoms with Crippen LogP contribution in [-0.2, 0) is 6.42 Å². The van der Waals surface area contributed by atoms with Crippen LogP contribution >= 0.6 is 11.9 Å². The highest BCUT2D eigenvalue weighted by molar-refractivity contribution is 7.97. The van der Waals surface area contributed by atoms with Crippen LogP contribution in [-0.4, -0.2) is 49.0 Å². The van der Waals surface area contributed by atoms with E-state index >= 15 is 0 Å². The number of ether oxygens (including phenoxy) is 1. The summed E-state index contributed by atoms with van der Waals surface area (Å²) in [6.07, 6.45) is 2.31. The molecule has 3 nitrogen and oxygen atoms in total. The first-order valence-corrected chi connectivity index (χ1v) is 8.12. The molecule has 0 atom stereocenters. The van der Waals surface area contributed by atoms with Gasteiger partial charge >= 0.3 is 0 Å². The highest BCUT2D eigenvalue weighted by atomic mass is 32.2. The smallest absolute Gasteiger partial charge is 0.123 e. The van der Waals surface area contributed by atoms with Gasteiger partial charge in [0.05, 0.1) is 6.61 Å². The lowest BCUT2D eigenvalue weighted by atomic mass is 10.1. The maximum atomic E-state index is 5.77. The Bertz CT molecular complexity index is 552. The van der Waals surface area contributed by atoms with Crippen LogP contribution in [0, 0.1) is 0 Å². The van der Waals surface area contributed by atoms with Gasteiger partial charge < -0.3 is 4.74 Å². The summed E-state index contributed by atoms with van der Waals surface area (Å²) >= 11 is 1.88. The molecule has 3 aliphatic rings. The number of likely N-dealkylation sites (N-methyl/N-ethyl adjacent to an activating group) is 1. The minimum absolute atomic E-state index is 0.868. The van der Waals surface area contributed by atoms with Crippen LogP contribution in [0.3, 0.4) is 0 Å². The largest absolute Gasteiger partial charge is 0.493 e. The molecule has 0 unspecified atom stereocenters. The average Bonchev–Trinajstić information content (AvgIpc) is 2.95. The van der Waals surface area contributed by atoms with Gasteiger partial charge in [0, 0.05) is 31.1 Å². The summed E-state index contributed by atoms with van der Waals surface area (Å²) in [6, 6.07) is 6.70. The van der Waals surface area contributed by atoms with E-state index in [1.807, 2.05) is 11.9 Å². The fraction of sp³-hybridized carbons (Fsp3) is 0.500. The van der Waals surface area contributed by atoms with E-state index in [-0.39, 0.29) is 0 Å². The Morgan fingerprint density at radius 1 is 1.10 bits per heavy atom. The van der Waals surface area contributed by atoms with Crippen molar-refractivity contribution < 1.29 is 4.74 Å². The van der Waals surface area contributed by atoms with Gasteiger partial charge in [0.15, 0.2) is 0 Å². The first kappa shape index (κ1) is 12.7. The molecule has 0 N–H and O–H groups in total. The lowest BCUT2D eigenvalue weighted by molar-refractivity contribution is 0.287. The first-order chi connectivity index (χ1) is 9.78. The van der Waals surface area contributed by atoms with E-state index in [0.717, 1.165) is 51.4 Å². The zero-order chi connectivity index (χ0) is 13.5. The number of fused-ring (bicyclic) bond motifs is 1. The van der Waals surface area contributed by atoms with Crippen LogP contribution in [0.2, 0.25) is 0 Å². The second-order valence-corrected chi connectivity index (χ2v) is 7.16. The van der Waals surface area contributed by atoms with Crippen molar-refractivity contribution >= 4 is 11.9 Å². The van der Waals surface area contributed by atoms with E-state index in [2.05, 4.69) is 34.5 Å². The molecule has 0 bridgehead atoms. The molecule has 0 fully saturated rings. The van der Waals surface area contributed by atoms with Crippen LogP contribution in [0.1, 0.15) is 12.0 Å². The molecule has 0 amide bonds. The number of rotatable bonds is 2. The summed E-state index contributed by atoms with van der Waals surface area (Å²) in [7, 11) is 2.20. The van der Waals surface area contributed by atoms with Crippen LogP contribution in [0.4, 0.5) is 0 Å². The van der Waals surface area contributed by atoms with E-state index in [4.69, 9.17) is 4.74 Å². The Morgan fingerprint density at radius 2 is 1.90 bits per heavy atom. The zero-order valence-electron chi connectivity index (χ0n) is 11.9. The van der Waals surface area contributed by atoms with E-state index in [9.17, 15) is 0 Å². The van der Waals surface area contributed by atoms with Gasteiger partial charge in [0.2, 0.25) is 0 Å². The van der Waals surface area contributed by atoms with Crippen LogP contribution in [0.15, 0.2) is 34.2 Å². The Hall–Kier alpha value is -0.970. The van der Waals surface area contributed by atoms with Gasteiger partial charge in [-0.3, -0.25) is 4.90 Å². The fourth-order valence-electron chi connectivity index (χ4n) is 3.33. The Kier molecular flexibility index (Phi) is 3.25. The van der Waals surface area contributed by atoms with Crippen LogP contribution < -0.4 is 4.74 Å². The normalized spacial score (nSPS) is 22.9.